The van der Waals surface area contributed by atoms with Gasteiger partial charge in [0.15, 0.2) is 0 Å². The fraction of sp³-hybridized carbons (Fsp3) is 0.867. The molecule has 0 unspecified atom stereocenters. The third-order valence-corrected chi connectivity index (χ3v) is 6.21. The van der Waals surface area contributed by atoms with Crippen LogP contribution < -0.4 is 0 Å². The molecule has 0 aliphatic rings. The van der Waals surface area contributed by atoms with E-state index in [9.17, 15) is 9.59 Å². The van der Waals surface area contributed by atoms with Gasteiger partial charge < -0.3 is 9.47 Å². The predicted octanol–water partition coefficient (Wildman–Crippen LogP) is 9.11. The van der Waals surface area contributed by atoms with Gasteiger partial charge in [0.2, 0.25) is 0 Å². The normalized spacial score (nSPS) is 12.1. The van der Waals surface area contributed by atoms with Crippen molar-refractivity contribution in [3.05, 3.63) is 11.1 Å². The molecule has 0 spiro atoms. The van der Waals surface area contributed by atoms with Crippen molar-refractivity contribution in [1.29, 1.82) is 0 Å². The molecule has 0 amide bonds. The van der Waals surface area contributed by atoms with Crippen LogP contribution in [0.25, 0.3) is 0 Å². The summed E-state index contributed by atoms with van der Waals surface area (Å²) in [5.41, 5.74) is 1.11. The molecular formula is C30H56O4. The standard InChI is InChI=1S/C30H56O4/c1-6-9-12-15-17-20-23-33-29(31)27(22-19-14-11-8-3)28(25-26(4)5)30(32)34-24-21-18-16-13-10-7-2/h26H,6-25H2,1-5H3/b28-27-. The number of rotatable bonds is 23. The summed E-state index contributed by atoms with van der Waals surface area (Å²) in [4.78, 5) is 26.1. The van der Waals surface area contributed by atoms with Crippen molar-refractivity contribution >= 4 is 11.9 Å². The van der Waals surface area contributed by atoms with Gasteiger partial charge >= 0.3 is 11.9 Å². The smallest absolute Gasteiger partial charge is 0.334 e. The lowest BCUT2D eigenvalue weighted by Crippen LogP contribution is -2.19. The first-order valence-corrected chi connectivity index (χ1v) is 14.5. The highest BCUT2D eigenvalue weighted by molar-refractivity contribution is 6.00. The third kappa shape index (κ3) is 18.1. The van der Waals surface area contributed by atoms with Crippen molar-refractivity contribution in [3.8, 4) is 0 Å². The predicted molar refractivity (Wildman–Crippen MR) is 144 cm³/mol. The molecule has 0 saturated carbocycles. The van der Waals surface area contributed by atoms with Crippen LogP contribution >= 0.6 is 0 Å². The number of carbonyl (C=O) groups excluding carboxylic acids is 2. The molecule has 0 rings (SSSR count). The molecular weight excluding hydrogens is 424 g/mol. The summed E-state index contributed by atoms with van der Waals surface area (Å²) in [5, 5.41) is 0. The summed E-state index contributed by atoms with van der Waals surface area (Å²) in [7, 11) is 0. The lowest BCUT2D eigenvalue weighted by molar-refractivity contribution is -0.142. The summed E-state index contributed by atoms with van der Waals surface area (Å²) >= 11 is 0. The number of unbranched alkanes of at least 4 members (excludes halogenated alkanes) is 13. The first-order chi connectivity index (χ1) is 16.5. The highest BCUT2D eigenvalue weighted by Gasteiger charge is 2.24. The number of hydrogen-bond acceptors (Lipinski definition) is 4. The zero-order chi connectivity index (χ0) is 25.4. The van der Waals surface area contributed by atoms with Crippen LogP contribution in [0.5, 0.6) is 0 Å². The second-order valence-electron chi connectivity index (χ2n) is 10.2. The molecule has 0 saturated heterocycles. The molecule has 200 valence electrons. The van der Waals surface area contributed by atoms with Gasteiger partial charge in [0.1, 0.15) is 0 Å². The number of esters is 2. The van der Waals surface area contributed by atoms with Gasteiger partial charge in [0.05, 0.1) is 13.2 Å². The SMILES string of the molecule is CCCCCCCCOC(=O)/C(CCCCCC)=C(/CC(C)C)C(=O)OCCCCCCCC. The van der Waals surface area contributed by atoms with Crippen LogP contribution in [0, 0.1) is 5.92 Å². The fourth-order valence-corrected chi connectivity index (χ4v) is 4.11. The molecule has 4 nitrogen and oxygen atoms in total. The summed E-state index contributed by atoms with van der Waals surface area (Å²) in [6.45, 7) is 11.6. The summed E-state index contributed by atoms with van der Waals surface area (Å²) in [6.07, 6.45) is 19.2. The number of ether oxygens (including phenoxy) is 2. The maximum atomic E-state index is 13.1. The zero-order valence-corrected chi connectivity index (χ0v) is 23.4. The Hall–Kier alpha value is -1.32. The van der Waals surface area contributed by atoms with Gasteiger partial charge in [-0.15, -0.1) is 0 Å². The van der Waals surface area contributed by atoms with Crippen molar-refractivity contribution in [1.82, 2.24) is 0 Å². The van der Waals surface area contributed by atoms with Crippen molar-refractivity contribution < 1.29 is 19.1 Å². The van der Waals surface area contributed by atoms with Gasteiger partial charge in [0.25, 0.3) is 0 Å². The van der Waals surface area contributed by atoms with E-state index in [1.54, 1.807) is 0 Å². The van der Waals surface area contributed by atoms with Crippen LogP contribution in [0.2, 0.25) is 0 Å². The van der Waals surface area contributed by atoms with Gasteiger partial charge in [-0.25, -0.2) is 9.59 Å². The Morgan fingerprint density at radius 1 is 0.529 bits per heavy atom. The van der Waals surface area contributed by atoms with Crippen molar-refractivity contribution in [2.75, 3.05) is 13.2 Å². The Bertz CT molecular complexity index is 536. The number of hydrogen-bond donors (Lipinski definition) is 0. The Morgan fingerprint density at radius 3 is 1.35 bits per heavy atom. The zero-order valence-electron chi connectivity index (χ0n) is 23.4. The van der Waals surface area contributed by atoms with Crippen LogP contribution in [0.4, 0.5) is 0 Å². The largest absolute Gasteiger partial charge is 0.462 e. The minimum Gasteiger partial charge on any atom is -0.462 e. The molecule has 4 heteroatoms. The van der Waals surface area contributed by atoms with E-state index in [1.807, 2.05) is 0 Å². The topological polar surface area (TPSA) is 52.6 Å². The fourth-order valence-electron chi connectivity index (χ4n) is 4.11. The highest BCUT2D eigenvalue weighted by Crippen LogP contribution is 2.23. The summed E-state index contributed by atoms with van der Waals surface area (Å²) < 4.78 is 11.3. The second kappa shape index (κ2) is 23.4. The van der Waals surface area contributed by atoms with Gasteiger partial charge in [0, 0.05) is 11.1 Å². The van der Waals surface area contributed by atoms with E-state index < -0.39 is 0 Å². The van der Waals surface area contributed by atoms with E-state index in [0.717, 1.165) is 51.4 Å². The van der Waals surface area contributed by atoms with Crippen molar-refractivity contribution in [2.45, 2.75) is 150 Å². The quantitative estimate of drug-likeness (QED) is 0.0831. The molecule has 0 bridgehead atoms. The average molecular weight is 481 g/mol. The molecule has 0 aromatic carbocycles. The Labute approximate surface area is 211 Å². The van der Waals surface area contributed by atoms with Crippen LogP contribution in [0.3, 0.4) is 0 Å². The van der Waals surface area contributed by atoms with Gasteiger partial charge in [-0.3, -0.25) is 0 Å². The maximum Gasteiger partial charge on any atom is 0.334 e. The van der Waals surface area contributed by atoms with Crippen LogP contribution in [-0.4, -0.2) is 25.2 Å². The minimum atomic E-state index is -0.315. The molecule has 0 fully saturated rings. The summed E-state index contributed by atoms with van der Waals surface area (Å²) in [6, 6.07) is 0. The van der Waals surface area contributed by atoms with E-state index in [2.05, 4.69) is 34.6 Å². The molecule has 0 atom stereocenters. The molecule has 34 heavy (non-hydrogen) atoms. The first-order valence-electron chi connectivity index (χ1n) is 14.5. The second-order valence-corrected chi connectivity index (χ2v) is 10.2. The van der Waals surface area contributed by atoms with Crippen LogP contribution in [0.1, 0.15) is 150 Å². The Kier molecular flexibility index (Phi) is 22.5. The van der Waals surface area contributed by atoms with Gasteiger partial charge in [-0.1, -0.05) is 118 Å². The van der Waals surface area contributed by atoms with E-state index in [0.29, 0.717) is 37.2 Å². The lowest BCUT2D eigenvalue weighted by atomic mass is 9.94. The van der Waals surface area contributed by atoms with E-state index >= 15 is 0 Å². The molecule has 0 N–H and O–H groups in total. The molecule has 0 aliphatic carbocycles. The van der Waals surface area contributed by atoms with Crippen molar-refractivity contribution in [2.24, 2.45) is 5.92 Å². The average Bonchev–Trinajstić information content (AvgIpc) is 2.81. The molecule has 0 aromatic rings. The highest BCUT2D eigenvalue weighted by atomic mass is 16.5. The first kappa shape index (κ1) is 32.7. The van der Waals surface area contributed by atoms with Gasteiger partial charge in [-0.2, -0.15) is 0 Å². The van der Waals surface area contributed by atoms with E-state index in [4.69, 9.17) is 9.47 Å². The van der Waals surface area contributed by atoms with Crippen molar-refractivity contribution in [3.63, 3.8) is 0 Å². The van der Waals surface area contributed by atoms with Crippen LogP contribution in [-0.2, 0) is 19.1 Å². The van der Waals surface area contributed by atoms with E-state index in [-0.39, 0.29) is 17.9 Å². The third-order valence-electron chi connectivity index (χ3n) is 6.21. The molecule has 0 radical (unpaired) electrons. The van der Waals surface area contributed by atoms with Gasteiger partial charge in [-0.05, 0) is 38.0 Å². The molecule has 0 aliphatic heterocycles. The Morgan fingerprint density at radius 2 is 0.912 bits per heavy atom. The van der Waals surface area contributed by atoms with Crippen LogP contribution in [0.15, 0.2) is 11.1 Å². The number of carbonyl (C=O) groups is 2. The maximum absolute atomic E-state index is 13.1. The molecule has 0 aromatic heterocycles. The minimum absolute atomic E-state index is 0.272. The lowest BCUT2D eigenvalue weighted by Gasteiger charge is -2.16. The monoisotopic (exact) mass is 480 g/mol. The van der Waals surface area contributed by atoms with E-state index in [1.165, 1.54) is 51.4 Å². The summed E-state index contributed by atoms with van der Waals surface area (Å²) in [5.74, 6) is -0.352. The Balaban J connectivity index is 5.05. The molecule has 0 heterocycles.